The molecule has 1 fully saturated rings. The molecule has 0 unspecified atom stereocenters. The van der Waals surface area contributed by atoms with Crippen LogP contribution in [0.15, 0.2) is 24.3 Å². The molecule has 0 bridgehead atoms. The van der Waals surface area contributed by atoms with Crippen molar-refractivity contribution in [2.75, 3.05) is 25.1 Å². The molecule has 1 aromatic rings. The van der Waals surface area contributed by atoms with Gasteiger partial charge in [-0.05, 0) is 44.0 Å². The van der Waals surface area contributed by atoms with Gasteiger partial charge in [0.2, 0.25) is 0 Å². The highest BCUT2D eigenvalue weighted by Gasteiger charge is 2.31. The quantitative estimate of drug-likeness (QED) is 0.790. The molecule has 0 amide bonds. The third-order valence-corrected chi connectivity index (χ3v) is 4.31. The topological polar surface area (TPSA) is 58.6 Å². The molecule has 0 aliphatic heterocycles. The summed E-state index contributed by atoms with van der Waals surface area (Å²) in [4.78, 5) is 11.6. The Morgan fingerprint density at radius 2 is 1.90 bits per heavy atom. The van der Waals surface area contributed by atoms with E-state index in [2.05, 4.69) is 5.32 Å². The minimum absolute atomic E-state index is 0.0120. The molecule has 4 heteroatoms. The van der Waals surface area contributed by atoms with E-state index in [0.29, 0.717) is 12.2 Å². The van der Waals surface area contributed by atoms with Gasteiger partial charge >= 0.3 is 5.97 Å². The number of hydrogen-bond acceptors (Lipinski definition) is 4. The number of rotatable bonds is 6. The van der Waals surface area contributed by atoms with Gasteiger partial charge in [0.15, 0.2) is 0 Å². The zero-order valence-corrected chi connectivity index (χ0v) is 12.7. The van der Waals surface area contributed by atoms with Crippen LogP contribution in [0.3, 0.4) is 0 Å². The molecule has 1 aromatic carbocycles. The largest absolute Gasteiger partial charge is 0.462 e. The van der Waals surface area contributed by atoms with Crippen molar-refractivity contribution in [1.29, 1.82) is 0 Å². The number of benzene rings is 1. The number of carbonyl (C=O) groups is 1. The molecule has 0 heterocycles. The SMILES string of the molecule is CCOC(=O)c1ccc(NCC2(CO)CCCCC2)cc1. The molecule has 0 spiro atoms. The maximum absolute atomic E-state index is 11.6. The number of aliphatic hydroxyl groups excluding tert-OH is 1. The van der Waals surface area contributed by atoms with Crippen molar-refractivity contribution in [3.05, 3.63) is 29.8 Å². The second kappa shape index (κ2) is 7.46. The van der Waals surface area contributed by atoms with Gasteiger partial charge in [-0.2, -0.15) is 0 Å². The van der Waals surface area contributed by atoms with Crippen molar-refractivity contribution in [2.24, 2.45) is 5.41 Å². The van der Waals surface area contributed by atoms with Crippen LogP contribution < -0.4 is 5.32 Å². The Kier molecular flexibility index (Phi) is 5.62. The number of aliphatic hydroxyl groups is 1. The average molecular weight is 291 g/mol. The fourth-order valence-electron chi connectivity index (χ4n) is 2.92. The summed E-state index contributed by atoms with van der Waals surface area (Å²) in [6.45, 7) is 3.20. The van der Waals surface area contributed by atoms with Gasteiger partial charge in [-0.1, -0.05) is 19.3 Å². The van der Waals surface area contributed by atoms with E-state index in [-0.39, 0.29) is 18.0 Å². The van der Waals surface area contributed by atoms with E-state index in [1.54, 1.807) is 19.1 Å². The summed E-state index contributed by atoms with van der Waals surface area (Å²) in [5.41, 5.74) is 1.55. The summed E-state index contributed by atoms with van der Waals surface area (Å²) in [5.74, 6) is -0.289. The Morgan fingerprint density at radius 3 is 2.48 bits per heavy atom. The Labute approximate surface area is 126 Å². The van der Waals surface area contributed by atoms with Gasteiger partial charge in [0.05, 0.1) is 18.8 Å². The third-order valence-electron chi connectivity index (χ3n) is 4.31. The lowest BCUT2D eigenvalue weighted by atomic mass is 9.74. The first kappa shape index (κ1) is 15.8. The summed E-state index contributed by atoms with van der Waals surface area (Å²) in [6.07, 6.45) is 5.83. The van der Waals surface area contributed by atoms with Crippen molar-refractivity contribution in [1.82, 2.24) is 0 Å². The molecule has 21 heavy (non-hydrogen) atoms. The van der Waals surface area contributed by atoms with E-state index in [1.165, 1.54) is 19.3 Å². The van der Waals surface area contributed by atoms with Gasteiger partial charge < -0.3 is 15.2 Å². The Balaban J connectivity index is 1.92. The number of esters is 1. The fourth-order valence-corrected chi connectivity index (χ4v) is 2.92. The monoisotopic (exact) mass is 291 g/mol. The minimum Gasteiger partial charge on any atom is -0.462 e. The second-order valence-corrected chi connectivity index (χ2v) is 5.87. The zero-order valence-electron chi connectivity index (χ0n) is 12.7. The van der Waals surface area contributed by atoms with Gasteiger partial charge in [-0.25, -0.2) is 4.79 Å². The molecule has 116 valence electrons. The van der Waals surface area contributed by atoms with Gasteiger partial charge in [-0.3, -0.25) is 0 Å². The first-order valence-electron chi connectivity index (χ1n) is 7.81. The van der Waals surface area contributed by atoms with Gasteiger partial charge in [-0.15, -0.1) is 0 Å². The van der Waals surface area contributed by atoms with E-state index in [1.807, 2.05) is 12.1 Å². The molecule has 1 aliphatic rings. The molecule has 1 saturated carbocycles. The van der Waals surface area contributed by atoms with Crippen molar-refractivity contribution >= 4 is 11.7 Å². The van der Waals surface area contributed by atoms with Crippen LogP contribution in [0.1, 0.15) is 49.4 Å². The summed E-state index contributed by atoms with van der Waals surface area (Å²) in [6, 6.07) is 7.32. The highest BCUT2D eigenvalue weighted by atomic mass is 16.5. The lowest BCUT2D eigenvalue weighted by Crippen LogP contribution is -2.35. The number of carbonyl (C=O) groups excluding carboxylic acids is 1. The molecule has 1 aliphatic carbocycles. The molecule has 0 saturated heterocycles. The molecule has 0 radical (unpaired) electrons. The predicted octanol–water partition coefficient (Wildman–Crippen LogP) is 3.22. The summed E-state index contributed by atoms with van der Waals surface area (Å²) < 4.78 is 4.96. The molecular weight excluding hydrogens is 266 g/mol. The van der Waals surface area contributed by atoms with E-state index in [4.69, 9.17) is 4.74 Å². The van der Waals surface area contributed by atoms with Crippen LogP contribution in [0.5, 0.6) is 0 Å². The van der Waals surface area contributed by atoms with Crippen LogP contribution in [0.2, 0.25) is 0 Å². The fraction of sp³-hybridized carbons (Fsp3) is 0.588. The lowest BCUT2D eigenvalue weighted by Gasteiger charge is -2.36. The second-order valence-electron chi connectivity index (χ2n) is 5.87. The van der Waals surface area contributed by atoms with E-state index >= 15 is 0 Å². The lowest BCUT2D eigenvalue weighted by molar-refractivity contribution is 0.0526. The summed E-state index contributed by atoms with van der Waals surface area (Å²) in [7, 11) is 0. The van der Waals surface area contributed by atoms with Gasteiger partial charge in [0.25, 0.3) is 0 Å². The van der Waals surface area contributed by atoms with Gasteiger partial charge in [0, 0.05) is 17.6 Å². The molecule has 2 N–H and O–H groups in total. The number of ether oxygens (including phenoxy) is 1. The highest BCUT2D eigenvalue weighted by molar-refractivity contribution is 5.89. The number of anilines is 1. The summed E-state index contributed by atoms with van der Waals surface area (Å²) in [5, 5.41) is 13.1. The van der Waals surface area contributed by atoms with Gasteiger partial charge in [0.1, 0.15) is 0 Å². The van der Waals surface area contributed by atoms with Crippen molar-refractivity contribution in [3.63, 3.8) is 0 Å². The van der Waals surface area contributed by atoms with E-state index < -0.39 is 0 Å². The molecule has 2 rings (SSSR count). The Morgan fingerprint density at radius 1 is 1.24 bits per heavy atom. The van der Waals surface area contributed by atoms with Crippen LogP contribution in [0.25, 0.3) is 0 Å². The van der Waals surface area contributed by atoms with Crippen LogP contribution in [-0.2, 0) is 4.74 Å². The van der Waals surface area contributed by atoms with Crippen molar-refractivity contribution < 1.29 is 14.6 Å². The maximum atomic E-state index is 11.6. The van der Waals surface area contributed by atoms with E-state index in [9.17, 15) is 9.90 Å². The van der Waals surface area contributed by atoms with E-state index in [0.717, 1.165) is 25.1 Å². The smallest absolute Gasteiger partial charge is 0.338 e. The molecule has 0 atom stereocenters. The third kappa shape index (κ3) is 4.21. The van der Waals surface area contributed by atoms with Crippen molar-refractivity contribution in [2.45, 2.75) is 39.0 Å². The zero-order chi connectivity index (χ0) is 15.1. The predicted molar refractivity (Wildman–Crippen MR) is 83.5 cm³/mol. The Bertz CT molecular complexity index is 450. The number of nitrogens with one attached hydrogen (secondary N) is 1. The van der Waals surface area contributed by atoms with Crippen LogP contribution in [0, 0.1) is 5.41 Å². The van der Waals surface area contributed by atoms with Crippen LogP contribution >= 0.6 is 0 Å². The maximum Gasteiger partial charge on any atom is 0.338 e. The highest BCUT2D eigenvalue weighted by Crippen LogP contribution is 2.36. The van der Waals surface area contributed by atoms with Crippen LogP contribution in [-0.4, -0.2) is 30.8 Å². The van der Waals surface area contributed by atoms with Crippen molar-refractivity contribution in [3.8, 4) is 0 Å². The summed E-state index contributed by atoms with van der Waals surface area (Å²) >= 11 is 0. The molecule has 4 nitrogen and oxygen atoms in total. The standard InChI is InChI=1S/C17H25NO3/c1-2-21-16(20)14-6-8-15(9-7-14)18-12-17(13-19)10-4-3-5-11-17/h6-9,18-19H,2-5,10-13H2,1H3. The molecular formula is C17H25NO3. The normalized spacial score (nSPS) is 17.2. The number of hydrogen-bond donors (Lipinski definition) is 2. The molecule has 0 aromatic heterocycles. The average Bonchev–Trinajstić information content (AvgIpc) is 2.54. The minimum atomic E-state index is -0.289. The first-order chi connectivity index (χ1) is 10.2. The first-order valence-corrected chi connectivity index (χ1v) is 7.81. The van der Waals surface area contributed by atoms with Crippen LogP contribution in [0.4, 0.5) is 5.69 Å². The Hall–Kier alpha value is -1.55.